The molecule has 0 bridgehead atoms. The maximum atomic E-state index is 9.65. The third-order valence-electron chi connectivity index (χ3n) is 1.46. The molecule has 3 heteroatoms. The molecule has 0 saturated carbocycles. The van der Waals surface area contributed by atoms with Gasteiger partial charge in [-0.2, -0.15) is 0 Å². The second-order valence-electron chi connectivity index (χ2n) is 2.55. The third-order valence-corrected chi connectivity index (χ3v) is 1.46. The molecule has 0 aliphatic carbocycles. The third kappa shape index (κ3) is 8.99. The summed E-state index contributed by atoms with van der Waals surface area (Å²) in [5.74, 6) is 3.87. The van der Waals surface area contributed by atoms with Gasteiger partial charge in [0.15, 0.2) is 0 Å². The van der Waals surface area contributed by atoms with Gasteiger partial charge in [0.1, 0.15) is 0 Å². The highest BCUT2D eigenvalue weighted by Crippen LogP contribution is 1.96. The van der Waals surface area contributed by atoms with E-state index in [2.05, 4.69) is 22.9 Å². The van der Waals surface area contributed by atoms with Gasteiger partial charge in [-0.15, -0.1) is 0 Å². The lowest BCUT2D eigenvalue weighted by Gasteiger charge is -2.08. The number of hydrogen-bond acceptors (Lipinski definition) is 2. The summed E-state index contributed by atoms with van der Waals surface area (Å²) in [5, 5.41) is 3.28. The number of primary amides is 1. The zero-order valence-electron chi connectivity index (χ0n) is 7.52. The van der Waals surface area contributed by atoms with Gasteiger partial charge in [0.2, 0.25) is 0 Å². The number of amides is 1. The van der Waals surface area contributed by atoms with Crippen LogP contribution >= 0.6 is 0 Å². The van der Waals surface area contributed by atoms with Gasteiger partial charge < -0.3 is 11.1 Å². The van der Waals surface area contributed by atoms with E-state index in [4.69, 9.17) is 0 Å². The zero-order chi connectivity index (χ0) is 9.23. The molecule has 1 fully saturated rings. The molecule has 3 nitrogen and oxygen atoms in total. The van der Waals surface area contributed by atoms with Crippen LogP contribution in [0.2, 0.25) is 0 Å². The van der Waals surface area contributed by atoms with Crippen molar-refractivity contribution in [1.29, 1.82) is 0 Å². The smallest absolute Gasteiger partial charge is 0.293 e. The molecular formula is C9H16N2O. The Balaban J connectivity index is 0.000000202. The Kier molecular flexibility index (Phi) is 7.41. The first kappa shape index (κ1) is 11.0. The number of nitrogens with two attached hydrogens (primary N) is 1. The SMILES string of the molecule is C1CCNCC1.CC#CC(N)=O. The molecule has 1 saturated heterocycles. The minimum Gasteiger partial charge on any atom is -0.359 e. The van der Waals surface area contributed by atoms with E-state index in [-0.39, 0.29) is 0 Å². The summed E-state index contributed by atoms with van der Waals surface area (Å²) in [6, 6.07) is 0. The fraction of sp³-hybridized carbons (Fsp3) is 0.667. The summed E-state index contributed by atoms with van der Waals surface area (Å²) >= 11 is 0. The van der Waals surface area contributed by atoms with Gasteiger partial charge in [0, 0.05) is 0 Å². The Morgan fingerprint density at radius 2 is 1.92 bits per heavy atom. The molecule has 1 amide bonds. The van der Waals surface area contributed by atoms with E-state index in [9.17, 15) is 4.79 Å². The quantitative estimate of drug-likeness (QED) is 0.510. The molecule has 0 unspecified atom stereocenters. The number of nitrogens with one attached hydrogen (secondary N) is 1. The van der Waals surface area contributed by atoms with E-state index < -0.39 is 5.91 Å². The largest absolute Gasteiger partial charge is 0.359 e. The summed E-state index contributed by atoms with van der Waals surface area (Å²) in [4.78, 5) is 9.65. The molecule has 0 atom stereocenters. The van der Waals surface area contributed by atoms with Gasteiger partial charge in [0.25, 0.3) is 5.91 Å². The minimum absolute atomic E-state index is 0.572. The van der Waals surface area contributed by atoms with Gasteiger partial charge in [-0.25, -0.2) is 0 Å². The zero-order valence-corrected chi connectivity index (χ0v) is 7.52. The molecule has 12 heavy (non-hydrogen) atoms. The lowest BCUT2D eigenvalue weighted by atomic mass is 10.2. The molecule has 3 N–H and O–H groups in total. The molecule has 68 valence electrons. The minimum atomic E-state index is -0.572. The molecule has 1 rings (SSSR count). The Bertz CT molecular complexity index is 163. The van der Waals surface area contributed by atoms with Crippen molar-refractivity contribution in [2.24, 2.45) is 5.73 Å². The molecule has 0 aromatic heterocycles. The van der Waals surface area contributed by atoms with Crippen LogP contribution in [-0.2, 0) is 4.79 Å². The highest BCUT2D eigenvalue weighted by Gasteiger charge is 1.93. The first-order chi connectivity index (χ1) is 5.77. The second-order valence-corrected chi connectivity index (χ2v) is 2.55. The van der Waals surface area contributed by atoms with E-state index in [1.165, 1.54) is 32.4 Å². The van der Waals surface area contributed by atoms with Crippen LogP contribution in [0.5, 0.6) is 0 Å². The highest BCUT2D eigenvalue weighted by atomic mass is 16.1. The molecule has 1 aliphatic rings. The summed E-state index contributed by atoms with van der Waals surface area (Å²) in [6.45, 7) is 4.06. The van der Waals surface area contributed by atoms with Crippen molar-refractivity contribution in [3.8, 4) is 11.8 Å². The van der Waals surface area contributed by atoms with Gasteiger partial charge in [-0.05, 0) is 38.8 Å². The van der Waals surface area contributed by atoms with Crippen molar-refractivity contribution < 1.29 is 4.79 Å². The standard InChI is InChI=1S/C5H11N.C4H5NO/c1-2-4-6-5-3-1;1-2-3-4(5)6/h6H,1-5H2;1H3,(H2,5,6). The van der Waals surface area contributed by atoms with Crippen LogP contribution in [0.4, 0.5) is 0 Å². The average molecular weight is 168 g/mol. The van der Waals surface area contributed by atoms with Crippen molar-refractivity contribution >= 4 is 5.91 Å². The maximum absolute atomic E-state index is 9.65. The second kappa shape index (κ2) is 8.09. The van der Waals surface area contributed by atoms with Gasteiger partial charge in [0.05, 0.1) is 0 Å². The number of carbonyl (C=O) groups excluding carboxylic acids is 1. The molecule has 0 aromatic carbocycles. The number of carbonyl (C=O) groups is 1. The molecule has 0 spiro atoms. The summed E-state index contributed by atoms with van der Waals surface area (Å²) in [5.41, 5.74) is 4.59. The first-order valence-corrected chi connectivity index (χ1v) is 4.20. The first-order valence-electron chi connectivity index (χ1n) is 4.20. The molecule has 0 radical (unpaired) electrons. The van der Waals surface area contributed by atoms with Crippen LogP contribution in [-0.4, -0.2) is 19.0 Å². The summed E-state index contributed by atoms with van der Waals surface area (Å²) in [6.07, 6.45) is 4.22. The Labute approximate surface area is 73.7 Å². The maximum Gasteiger partial charge on any atom is 0.293 e. The molecule has 0 aromatic rings. The summed E-state index contributed by atoms with van der Waals surface area (Å²) in [7, 11) is 0. The monoisotopic (exact) mass is 168 g/mol. The van der Waals surface area contributed by atoms with E-state index in [1.54, 1.807) is 6.92 Å². The van der Waals surface area contributed by atoms with Crippen LogP contribution < -0.4 is 11.1 Å². The summed E-state index contributed by atoms with van der Waals surface area (Å²) < 4.78 is 0. The van der Waals surface area contributed by atoms with Gasteiger partial charge in [-0.3, -0.25) is 4.79 Å². The predicted molar refractivity (Wildman–Crippen MR) is 49.4 cm³/mol. The number of hydrogen-bond donors (Lipinski definition) is 2. The predicted octanol–water partition coefficient (Wildman–Crippen LogP) is 0.255. The van der Waals surface area contributed by atoms with Crippen LogP contribution in [0.25, 0.3) is 0 Å². The van der Waals surface area contributed by atoms with Crippen LogP contribution in [0.15, 0.2) is 0 Å². The van der Waals surface area contributed by atoms with Crippen molar-refractivity contribution in [2.75, 3.05) is 13.1 Å². The van der Waals surface area contributed by atoms with Crippen LogP contribution in [0, 0.1) is 11.8 Å². The van der Waals surface area contributed by atoms with Crippen molar-refractivity contribution in [3.63, 3.8) is 0 Å². The van der Waals surface area contributed by atoms with Gasteiger partial charge in [-0.1, -0.05) is 12.3 Å². The van der Waals surface area contributed by atoms with Crippen molar-refractivity contribution in [2.45, 2.75) is 26.2 Å². The van der Waals surface area contributed by atoms with E-state index in [0.29, 0.717) is 0 Å². The fourth-order valence-corrected chi connectivity index (χ4v) is 0.925. The Hall–Kier alpha value is -1.01. The van der Waals surface area contributed by atoms with E-state index >= 15 is 0 Å². The molecular weight excluding hydrogens is 152 g/mol. The highest BCUT2D eigenvalue weighted by molar-refractivity contribution is 5.91. The van der Waals surface area contributed by atoms with E-state index in [1.807, 2.05) is 0 Å². The molecule has 1 heterocycles. The van der Waals surface area contributed by atoms with Crippen LogP contribution in [0.3, 0.4) is 0 Å². The number of rotatable bonds is 0. The Morgan fingerprint density at radius 1 is 1.33 bits per heavy atom. The lowest BCUT2D eigenvalue weighted by Crippen LogP contribution is -2.21. The van der Waals surface area contributed by atoms with Gasteiger partial charge >= 0.3 is 0 Å². The topological polar surface area (TPSA) is 55.1 Å². The average Bonchev–Trinajstić information content (AvgIpc) is 2.08. The number of piperidine rings is 1. The van der Waals surface area contributed by atoms with Crippen molar-refractivity contribution in [1.82, 2.24) is 5.32 Å². The fourth-order valence-electron chi connectivity index (χ4n) is 0.925. The molecule has 1 aliphatic heterocycles. The van der Waals surface area contributed by atoms with Crippen LogP contribution in [0.1, 0.15) is 26.2 Å². The van der Waals surface area contributed by atoms with E-state index in [0.717, 1.165) is 0 Å². The Morgan fingerprint density at radius 3 is 2.00 bits per heavy atom. The van der Waals surface area contributed by atoms with Crippen molar-refractivity contribution in [3.05, 3.63) is 0 Å². The lowest BCUT2D eigenvalue weighted by molar-refractivity contribution is -0.112. The normalized spacial score (nSPS) is 14.8.